The quantitative estimate of drug-likeness (QED) is 0.0199. The molecule has 0 amide bonds. The highest BCUT2D eigenvalue weighted by molar-refractivity contribution is 7.45. The Hall–Kier alpha value is -2.06. The normalized spacial score (nSPS) is 14.4. The molecule has 58 heavy (non-hydrogen) atoms. The molecule has 0 fully saturated rings. The fraction of sp³-hybridized carbons (Fsp3) is 0.735. The van der Waals surface area contributed by atoms with Gasteiger partial charge in [-0.3, -0.25) is 9.36 Å². The van der Waals surface area contributed by atoms with Crippen LogP contribution in [0.1, 0.15) is 174 Å². The Kier molecular flexibility index (Phi) is 40.2. The Labute approximate surface area is 357 Å². The second-order valence-corrected chi connectivity index (χ2v) is 17.8. The lowest BCUT2D eigenvalue weighted by Crippen LogP contribution is -2.37. The number of likely N-dealkylation sites (N-methyl/N-ethyl adjacent to an activating group) is 1. The predicted octanol–water partition coefficient (Wildman–Crippen LogP) is 13.3. The van der Waals surface area contributed by atoms with E-state index in [0.29, 0.717) is 24.1 Å². The van der Waals surface area contributed by atoms with Crippen molar-refractivity contribution in [3.63, 3.8) is 0 Å². The van der Waals surface area contributed by atoms with Gasteiger partial charge in [0, 0.05) is 13.0 Å². The number of nitrogens with zero attached hydrogens (tertiary/aromatic N) is 1. The third kappa shape index (κ3) is 45.0. The Morgan fingerprint density at radius 1 is 0.552 bits per heavy atom. The second kappa shape index (κ2) is 41.7. The molecule has 0 aromatic carbocycles. The molecular formula is C49H88NO7P. The van der Waals surface area contributed by atoms with E-state index >= 15 is 0 Å². The molecule has 9 heteroatoms. The third-order valence-corrected chi connectivity index (χ3v) is 10.5. The molecule has 0 radical (unpaired) electrons. The van der Waals surface area contributed by atoms with Crippen molar-refractivity contribution in [2.45, 2.75) is 180 Å². The second-order valence-electron chi connectivity index (χ2n) is 16.4. The van der Waals surface area contributed by atoms with Crippen molar-refractivity contribution in [1.82, 2.24) is 0 Å². The lowest BCUT2D eigenvalue weighted by atomic mass is 10.0. The molecule has 2 atom stereocenters. The van der Waals surface area contributed by atoms with E-state index in [1.807, 2.05) is 21.1 Å². The number of phosphoric acid groups is 1. The standard InChI is InChI=1S/C49H88NO7P/c1-6-8-10-12-14-16-18-20-22-23-24-25-26-27-28-30-32-34-36-38-40-42-49(51)57-48(47-56-58(52,53)55-45-43-50(3,4)5)46-54-44-41-39-37-35-33-31-29-21-19-17-15-13-11-9-7-2/h8,10,14,16,20,22,24-25,27-28,32,34,48H,6-7,9,11-13,15,17-19,21,23,26,29-31,33,35-47H2,1-5H3/b10-8-,16-14-,22-20-,25-24-,28-27-,34-32-. The van der Waals surface area contributed by atoms with E-state index in [9.17, 15) is 14.3 Å². The van der Waals surface area contributed by atoms with Crippen LogP contribution in [0, 0.1) is 0 Å². The molecule has 0 aromatic rings. The van der Waals surface area contributed by atoms with Gasteiger partial charge in [-0.15, -0.1) is 0 Å². The molecule has 8 nitrogen and oxygen atoms in total. The van der Waals surface area contributed by atoms with Crippen LogP contribution in [0.15, 0.2) is 72.9 Å². The van der Waals surface area contributed by atoms with Gasteiger partial charge in [-0.25, -0.2) is 0 Å². The SMILES string of the molecule is CC/C=C\C/C=C\C/C=C\C/C=C\C/C=C\C/C=C\CCCCC(=O)OC(COCCCCCCCCCCCCCCCCC)COP(=O)([O-])OCC[N+](C)(C)C. The lowest BCUT2D eigenvalue weighted by molar-refractivity contribution is -0.870. The first kappa shape index (κ1) is 55.9. The predicted molar refractivity (Wildman–Crippen MR) is 245 cm³/mol. The van der Waals surface area contributed by atoms with Gasteiger partial charge in [0.1, 0.15) is 19.3 Å². The van der Waals surface area contributed by atoms with E-state index in [0.717, 1.165) is 64.2 Å². The summed E-state index contributed by atoms with van der Waals surface area (Å²) in [7, 11) is 1.32. The number of unbranched alkanes of at least 4 members (excludes halogenated alkanes) is 16. The van der Waals surface area contributed by atoms with Crippen molar-refractivity contribution in [2.75, 3.05) is 54.1 Å². The number of allylic oxidation sites excluding steroid dienone is 12. The van der Waals surface area contributed by atoms with Crippen LogP contribution in [0.3, 0.4) is 0 Å². The highest BCUT2D eigenvalue weighted by atomic mass is 31.2. The zero-order valence-corrected chi connectivity index (χ0v) is 38.9. The molecule has 0 bridgehead atoms. The molecule has 0 rings (SSSR count). The first-order valence-corrected chi connectivity index (χ1v) is 24.6. The summed E-state index contributed by atoms with van der Waals surface area (Å²) in [4.78, 5) is 25.1. The summed E-state index contributed by atoms with van der Waals surface area (Å²) >= 11 is 0. The van der Waals surface area contributed by atoms with Crippen molar-refractivity contribution in [2.24, 2.45) is 0 Å². The number of phosphoric ester groups is 1. The van der Waals surface area contributed by atoms with Gasteiger partial charge in [0.15, 0.2) is 0 Å². The molecule has 0 aliphatic heterocycles. The van der Waals surface area contributed by atoms with Crippen molar-refractivity contribution in [1.29, 1.82) is 0 Å². The molecule has 0 N–H and O–H groups in total. The van der Waals surface area contributed by atoms with Crippen LogP contribution < -0.4 is 4.89 Å². The van der Waals surface area contributed by atoms with Crippen molar-refractivity contribution >= 4 is 13.8 Å². The molecular weight excluding hydrogens is 746 g/mol. The highest BCUT2D eigenvalue weighted by Gasteiger charge is 2.20. The fourth-order valence-corrected chi connectivity index (χ4v) is 6.69. The topological polar surface area (TPSA) is 94.1 Å². The van der Waals surface area contributed by atoms with E-state index in [1.165, 1.54) is 83.5 Å². The van der Waals surface area contributed by atoms with Gasteiger partial charge in [0.2, 0.25) is 0 Å². The number of carbonyl (C=O) groups is 1. The largest absolute Gasteiger partial charge is 0.756 e. The molecule has 0 aromatic heterocycles. The van der Waals surface area contributed by atoms with Gasteiger partial charge < -0.3 is 27.9 Å². The fourth-order valence-electron chi connectivity index (χ4n) is 5.96. The average molecular weight is 834 g/mol. The van der Waals surface area contributed by atoms with Crippen LogP contribution in [-0.4, -0.2) is 70.7 Å². The van der Waals surface area contributed by atoms with Gasteiger partial charge in [-0.1, -0.05) is 177 Å². The van der Waals surface area contributed by atoms with E-state index in [2.05, 4.69) is 86.8 Å². The summed E-state index contributed by atoms with van der Waals surface area (Å²) in [5.74, 6) is -0.376. The number of ether oxygens (including phenoxy) is 2. The summed E-state index contributed by atoms with van der Waals surface area (Å²) in [5.41, 5.74) is 0. The maximum Gasteiger partial charge on any atom is 0.306 e. The van der Waals surface area contributed by atoms with Crippen LogP contribution in [0.4, 0.5) is 0 Å². The number of esters is 1. The average Bonchev–Trinajstić information content (AvgIpc) is 3.18. The first-order valence-electron chi connectivity index (χ1n) is 23.2. The minimum Gasteiger partial charge on any atom is -0.756 e. The smallest absolute Gasteiger partial charge is 0.306 e. The van der Waals surface area contributed by atoms with Gasteiger partial charge >= 0.3 is 5.97 Å². The Bertz CT molecular complexity index is 1150. The van der Waals surface area contributed by atoms with Crippen LogP contribution in [0.25, 0.3) is 0 Å². The number of hydrogen-bond donors (Lipinski definition) is 0. The Morgan fingerprint density at radius 3 is 1.47 bits per heavy atom. The monoisotopic (exact) mass is 834 g/mol. The van der Waals surface area contributed by atoms with Gasteiger partial charge in [0.25, 0.3) is 7.82 Å². The van der Waals surface area contributed by atoms with Crippen molar-refractivity contribution in [3.8, 4) is 0 Å². The third-order valence-electron chi connectivity index (χ3n) is 9.52. The summed E-state index contributed by atoms with van der Waals surface area (Å²) in [6.45, 7) is 5.24. The lowest BCUT2D eigenvalue weighted by Gasteiger charge is -2.28. The maximum atomic E-state index is 12.7. The van der Waals surface area contributed by atoms with E-state index in [-0.39, 0.29) is 32.2 Å². The molecule has 0 aliphatic carbocycles. The van der Waals surface area contributed by atoms with E-state index < -0.39 is 13.9 Å². The van der Waals surface area contributed by atoms with Crippen LogP contribution in [-0.2, 0) is 27.9 Å². The van der Waals surface area contributed by atoms with Crippen molar-refractivity contribution < 1.29 is 37.3 Å². The van der Waals surface area contributed by atoms with Gasteiger partial charge in [0.05, 0.1) is 34.4 Å². The minimum absolute atomic E-state index is 0.0151. The summed E-state index contributed by atoms with van der Waals surface area (Å²) in [5, 5.41) is 0. The van der Waals surface area contributed by atoms with Crippen LogP contribution >= 0.6 is 7.82 Å². The van der Waals surface area contributed by atoms with E-state index in [4.69, 9.17) is 18.5 Å². The first-order chi connectivity index (χ1) is 28.1. The zero-order chi connectivity index (χ0) is 42.7. The van der Waals surface area contributed by atoms with E-state index in [1.54, 1.807) is 0 Å². The number of rotatable bonds is 42. The maximum absolute atomic E-state index is 12.7. The molecule has 0 aliphatic rings. The number of quaternary nitrogens is 1. The Balaban J connectivity index is 4.31. The van der Waals surface area contributed by atoms with Crippen LogP contribution in [0.2, 0.25) is 0 Å². The summed E-state index contributed by atoms with van der Waals surface area (Å²) < 4.78 is 34.6. The summed E-state index contributed by atoms with van der Waals surface area (Å²) in [6, 6.07) is 0. The van der Waals surface area contributed by atoms with Crippen LogP contribution in [0.5, 0.6) is 0 Å². The molecule has 0 saturated heterocycles. The molecule has 336 valence electrons. The molecule has 0 spiro atoms. The number of hydrogen-bond acceptors (Lipinski definition) is 7. The highest BCUT2D eigenvalue weighted by Crippen LogP contribution is 2.38. The van der Waals surface area contributed by atoms with Gasteiger partial charge in [-0.2, -0.15) is 0 Å². The summed E-state index contributed by atoms with van der Waals surface area (Å²) in [6.07, 6.45) is 53.5. The Morgan fingerprint density at radius 2 is 1.00 bits per heavy atom. The van der Waals surface area contributed by atoms with Crippen molar-refractivity contribution in [3.05, 3.63) is 72.9 Å². The minimum atomic E-state index is -4.54. The molecule has 0 saturated carbocycles. The molecule has 0 heterocycles. The molecule has 2 unspecified atom stereocenters. The zero-order valence-electron chi connectivity index (χ0n) is 38.0. The number of carbonyl (C=O) groups excluding carboxylic acids is 1. The van der Waals surface area contributed by atoms with Gasteiger partial charge in [-0.05, 0) is 64.2 Å².